The zero-order valence-electron chi connectivity index (χ0n) is 36.1. The second kappa shape index (κ2) is 21.3. The number of aliphatic carboxylic acids is 3. The average molecular weight is 1130 g/mol. The summed E-state index contributed by atoms with van der Waals surface area (Å²) in [5.74, 6) is -2.28. The highest BCUT2D eigenvalue weighted by Crippen LogP contribution is 2.39. The Hall–Kier alpha value is -7.35. The maximum atomic E-state index is 11.2. The molecule has 6 aromatic carbocycles. The van der Waals surface area contributed by atoms with Crippen molar-refractivity contribution in [3.05, 3.63) is 174 Å². The molecule has 3 heterocycles. The number of rotatable bonds is 12. The van der Waals surface area contributed by atoms with E-state index in [1.54, 1.807) is 118 Å². The minimum Gasteiger partial charge on any atom is -0.508 e. The number of hydrogen-bond acceptors (Lipinski definition) is 9. The molecule has 0 saturated heterocycles. The number of hydrogen-bond donors (Lipinski definition) is 9. The molecule has 0 fully saturated rings. The van der Waals surface area contributed by atoms with E-state index in [2.05, 4.69) is 38.5 Å². The second-order valence-electron chi connectivity index (χ2n) is 15.7. The molecule has 0 radical (unpaired) electrons. The van der Waals surface area contributed by atoms with Gasteiger partial charge in [0.05, 0.1) is 63.8 Å². The molecular formula is C51H42BrClIN3O12. The number of phenolic OH excluding ortho intramolecular Hbond substituents is 6. The first-order chi connectivity index (χ1) is 33.0. The lowest BCUT2D eigenvalue weighted by atomic mass is 10.1. The van der Waals surface area contributed by atoms with Gasteiger partial charge in [0.2, 0.25) is 0 Å². The number of carboxylic acid groups (broad SMARTS) is 3. The minimum absolute atomic E-state index is 0.0106. The Kier molecular flexibility index (Phi) is 15.3. The summed E-state index contributed by atoms with van der Waals surface area (Å²) in [5.41, 5.74) is 5.28. The highest BCUT2D eigenvalue weighted by Gasteiger charge is 2.23. The summed E-state index contributed by atoms with van der Waals surface area (Å²) >= 11 is 11.9. The molecule has 3 aromatic heterocycles. The monoisotopic (exact) mass is 1130 g/mol. The Labute approximate surface area is 419 Å². The van der Waals surface area contributed by atoms with Gasteiger partial charge in [-0.1, -0.05) is 103 Å². The van der Waals surface area contributed by atoms with Crippen molar-refractivity contribution < 1.29 is 60.3 Å². The van der Waals surface area contributed by atoms with Crippen molar-refractivity contribution in [3.63, 3.8) is 0 Å². The maximum Gasteiger partial charge on any atom is 0.307 e. The van der Waals surface area contributed by atoms with Gasteiger partial charge in [-0.05, 0) is 74.9 Å². The van der Waals surface area contributed by atoms with Gasteiger partial charge in [-0.15, -0.1) is 0 Å². The van der Waals surface area contributed by atoms with E-state index in [1.807, 2.05) is 16.7 Å². The largest absolute Gasteiger partial charge is 0.508 e. The van der Waals surface area contributed by atoms with Crippen LogP contribution in [0.3, 0.4) is 0 Å². The molecule has 0 aliphatic rings. The first-order valence-electron chi connectivity index (χ1n) is 20.9. The fourth-order valence-corrected chi connectivity index (χ4v) is 10.0. The van der Waals surface area contributed by atoms with Gasteiger partial charge in [0.15, 0.2) is 0 Å². The van der Waals surface area contributed by atoms with E-state index in [9.17, 15) is 45.0 Å². The van der Waals surface area contributed by atoms with E-state index in [-0.39, 0.29) is 65.5 Å². The van der Waals surface area contributed by atoms with Crippen molar-refractivity contribution >= 4 is 101 Å². The maximum absolute atomic E-state index is 11.2. The summed E-state index contributed by atoms with van der Waals surface area (Å²) < 4.78 is 6.53. The van der Waals surface area contributed by atoms with Gasteiger partial charge in [-0.2, -0.15) is 0 Å². The Morgan fingerprint density at radius 3 is 1.19 bits per heavy atom. The molecule has 0 saturated carbocycles. The predicted molar refractivity (Wildman–Crippen MR) is 272 cm³/mol. The summed E-state index contributed by atoms with van der Waals surface area (Å²) in [6, 6.07) is 35.7. The summed E-state index contributed by atoms with van der Waals surface area (Å²) in [7, 11) is 0. The van der Waals surface area contributed by atoms with Crippen LogP contribution in [0.4, 0.5) is 0 Å². The van der Waals surface area contributed by atoms with E-state index < -0.39 is 17.9 Å². The molecule has 9 rings (SSSR count). The molecule has 0 amide bonds. The number of fused-ring (bicyclic) bond motifs is 3. The summed E-state index contributed by atoms with van der Waals surface area (Å²) in [5, 5.41) is 90.1. The molecule has 0 bridgehead atoms. The number of aromatic nitrogens is 3. The molecule has 9 N–H and O–H groups in total. The van der Waals surface area contributed by atoms with Gasteiger partial charge >= 0.3 is 17.9 Å². The van der Waals surface area contributed by atoms with Crippen LogP contribution in [0.15, 0.2) is 132 Å². The van der Waals surface area contributed by atoms with Gasteiger partial charge in [0.1, 0.15) is 39.7 Å². The number of phenols is 6. The molecule has 0 spiro atoms. The van der Waals surface area contributed by atoms with E-state index in [0.717, 1.165) is 3.70 Å². The highest BCUT2D eigenvalue weighted by atomic mass is 127. The van der Waals surface area contributed by atoms with Crippen LogP contribution in [-0.2, 0) is 53.3 Å². The molecule has 9 aromatic rings. The third kappa shape index (κ3) is 10.7. The molecule has 15 nitrogen and oxygen atoms in total. The highest BCUT2D eigenvalue weighted by molar-refractivity contribution is 14.1. The van der Waals surface area contributed by atoms with Crippen molar-refractivity contribution in [3.8, 4) is 34.5 Å². The van der Waals surface area contributed by atoms with Crippen LogP contribution in [0.1, 0.15) is 33.4 Å². The topological polar surface area (TPSA) is 248 Å². The van der Waals surface area contributed by atoms with Crippen molar-refractivity contribution in [2.45, 2.75) is 38.9 Å². The zero-order valence-corrected chi connectivity index (χ0v) is 40.6. The van der Waals surface area contributed by atoms with Crippen molar-refractivity contribution in [1.29, 1.82) is 0 Å². The SMILES string of the molecule is O=C(O)Cc1c(Br)n(Cc2ccccc2O)c2c(O)cccc12.O=C(O)Cc1c(Cl)n(Cc2ccccc2O)c2c(O)cccc12.O=C(O)Cc1c(I)n(Cc2ccccc2O)c2c(O)cccc12. The number of halogens is 3. The molecule has 0 atom stereocenters. The summed E-state index contributed by atoms with van der Waals surface area (Å²) in [6.45, 7) is 0.874. The molecule has 0 aliphatic carbocycles. The third-order valence-corrected chi connectivity index (χ3v) is 13.8. The molecule has 0 unspecified atom stereocenters. The van der Waals surface area contributed by atoms with Gasteiger partial charge < -0.3 is 59.7 Å². The zero-order chi connectivity index (χ0) is 49.7. The number of para-hydroxylation sites is 6. The van der Waals surface area contributed by atoms with E-state index in [1.165, 1.54) is 6.07 Å². The fourth-order valence-electron chi connectivity index (χ4n) is 8.14. The van der Waals surface area contributed by atoms with Gasteiger partial charge in [0, 0.05) is 49.5 Å². The number of carboxylic acids is 3. The van der Waals surface area contributed by atoms with Crippen LogP contribution in [0.5, 0.6) is 34.5 Å². The van der Waals surface area contributed by atoms with Crippen molar-refractivity contribution in [1.82, 2.24) is 13.7 Å². The van der Waals surface area contributed by atoms with Crippen molar-refractivity contribution in [2.75, 3.05) is 0 Å². The lowest BCUT2D eigenvalue weighted by Crippen LogP contribution is -2.05. The van der Waals surface area contributed by atoms with Crippen LogP contribution >= 0.6 is 50.1 Å². The van der Waals surface area contributed by atoms with E-state index >= 15 is 0 Å². The standard InChI is InChI=1S/C17H14BrNO4.C17H14ClNO4.C17H14INO4/c3*18-17-12(8-15(22)23)11-5-3-7-14(21)16(11)19(17)9-10-4-1-2-6-13(10)20/h3*1-7,20-21H,8-9H2,(H,22,23). The van der Waals surface area contributed by atoms with E-state index in [0.29, 0.717) is 83.8 Å². The molecular weight excluding hydrogens is 1090 g/mol. The normalized spacial score (nSPS) is 11.0. The second-order valence-corrected chi connectivity index (χ2v) is 17.8. The van der Waals surface area contributed by atoms with Crippen LogP contribution in [-0.4, -0.2) is 77.6 Å². The quantitative estimate of drug-likeness (QED) is 0.0519. The smallest absolute Gasteiger partial charge is 0.307 e. The molecule has 69 heavy (non-hydrogen) atoms. The predicted octanol–water partition coefficient (Wildman–Crippen LogP) is 10.2. The van der Waals surface area contributed by atoms with Gasteiger partial charge in [0.25, 0.3) is 0 Å². The summed E-state index contributed by atoms with van der Waals surface area (Å²) in [6.07, 6.45) is -0.521. The Morgan fingerprint density at radius 1 is 0.435 bits per heavy atom. The van der Waals surface area contributed by atoms with E-state index in [4.69, 9.17) is 26.9 Å². The Morgan fingerprint density at radius 2 is 0.754 bits per heavy atom. The number of benzene rings is 6. The lowest BCUT2D eigenvalue weighted by molar-refractivity contribution is -0.137. The summed E-state index contributed by atoms with van der Waals surface area (Å²) in [4.78, 5) is 33.4. The number of carbonyl (C=O) groups is 3. The Balaban J connectivity index is 0.000000153. The molecule has 354 valence electrons. The van der Waals surface area contributed by atoms with Crippen molar-refractivity contribution in [2.24, 2.45) is 0 Å². The molecule has 0 aliphatic heterocycles. The minimum atomic E-state index is -1.00. The van der Waals surface area contributed by atoms with Crippen LogP contribution in [0, 0.1) is 3.70 Å². The Bertz CT molecular complexity index is 3060. The first kappa shape index (κ1) is 49.6. The van der Waals surface area contributed by atoms with Crippen LogP contribution in [0.25, 0.3) is 32.7 Å². The average Bonchev–Trinajstić information content (AvgIpc) is 3.83. The number of aromatic hydroxyl groups is 6. The van der Waals surface area contributed by atoms with Gasteiger partial charge in [-0.3, -0.25) is 14.4 Å². The molecule has 18 heteroatoms. The lowest BCUT2D eigenvalue weighted by Gasteiger charge is -2.10. The third-order valence-electron chi connectivity index (χ3n) is 11.2. The first-order valence-corrected chi connectivity index (χ1v) is 23.1. The number of nitrogens with zero attached hydrogens (tertiary/aromatic N) is 3. The van der Waals surface area contributed by atoms with Crippen LogP contribution < -0.4 is 0 Å². The van der Waals surface area contributed by atoms with Crippen LogP contribution in [0.2, 0.25) is 5.15 Å². The fraction of sp³-hybridized carbons (Fsp3) is 0.118. The van der Waals surface area contributed by atoms with Gasteiger partial charge in [-0.25, -0.2) is 0 Å².